The van der Waals surface area contributed by atoms with E-state index in [1.54, 1.807) is 0 Å². The number of ether oxygens (including phenoxy) is 1. The number of alkyl carbamates (subject to hydrolysis) is 1. The lowest BCUT2D eigenvalue weighted by Crippen LogP contribution is -2.54. The van der Waals surface area contributed by atoms with E-state index in [-0.39, 0.29) is 30.3 Å². The highest BCUT2D eigenvalue weighted by atomic mass is 16.5. The molecule has 5 N–H and O–H groups in total. The van der Waals surface area contributed by atoms with Crippen molar-refractivity contribution >= 4 is 23.8 Å². The summed E-state index contributed by atoms with van der Waals surface area (Å²) in [6.07, 6.45) is 3.21. The molecular formula is C23H32N4O5. The number of hydrogen-bond acceptors (Lipinski definition) is 5. The van der Waals surface area contributed by atoms with E-state index in [9.17, 15) is 19.2 Å². The maximum absolute atomic E-state index is 13.0. The van der Waals surface area contributed by atoms with Gasteiger partial charge in [0.25, 0.3) is 0 Å². The third-order valence-electron chi connectivity index (χ3n) is 6.20. The van der Waals surface area contributed by atoms with Gasteiger partial charge in [-0.3, -0.25) is 14.4 Å². The van der Waals surface area contributed by atoms with Crippen LogP contribution in [0.4, 0.5) is 4.79 Å². The summed E-state index contributed by atoms with van der Waals surface area (Å²) >= 11 is 0. The zero-order valence-corrected chi connectivity index (χ0v) is 18.4. The second-order valence-corrected chi connectivity index (χ2v) is 9.10. The predicted octanol–water partition coefficient (Wildman–Crippen LogP) is 1.36. The van der Waals surface area contributed by atoms with Crippen molar-refractivity contribution in [3.8, 4) is 0 Å². The van der Waals surface area contributed by atoms with Gasteiger partial charge < -0.3 is 26.4 Å². The van der Waals surface area contributed by atoms with Crippen LogP contribution in [-0.2, 0) is 25.7 Å². The van der Waals surface area contributed by atoms with Crippen molar-refractivity contribution in [3.05, 3.63) is 35.9 Å². The molecule has 4 amide bonds. The Bertz CT molecular complexity index is 840. The molecular weight excluding hydrogens is 412 g/mol. The lowest BCUT2D eigenvalue weighted by atomic mass is 9.91. The first-order valence-electron chi connectivity index (χ1n) is 11.1. The molecule has 1 heterocycles. The Balaban J connectivity index is 1.60. The van der Waals surface area contributed by atoms with Crippen LogP contribution in [0.15, 0.2) is 30.3 Å². The minimum atomic E-state index is -0.993. The Morgan fingerprint density at radius 2 is 1.91 bits per heavy atom. The second kappa shape index (κ2) is 10.5. The van der Waals surface area contributed by atoms with Gasteiger partial charge in [-0.05, 0) is 49.5 Å². The van der Waals surface area contributed by atoms with Gasteiger partial charge in [0.2, 0.25) is 17.7 Å². The monoisotopic (exact) mass is 444 g/mol. The Morgan fingerprint density at radius 1 is 1.19 bits per heavy atom. The van der Waals surface area contributed by atoms with Gasteiger partial charge >= 0.3 is 6.09 Å². The molecule has 9 nitrogen and oxygen atoms in total. The molecule has 0 radical (unpaired) electrons. The molecule has 32 heavy (non-hydrogen) atoms. The van der Waals surface area contributed by atoms with E-state index in [2.05, 4.69) is 16.0 Å². The molecule has 2 unspecified atom stereocenters. The average molecular weight is 445 g/mol. The van der Waals surface area contributed by atoms with Crippen molar-refractivity contribution in [2.45, 2.75) is 64.1 Å². The Kier molecular flexibility index (Phi) is 7.71. The largest absolute Gasteiger partial charge is 0.445 e. The minimum Gasteiger partial charge on any atom is -0.445 e. The Morgan fingerprint density at radius 3 is 2.53 bits per heavy atom. The van der Waals surface area contributed by atoms with E-state index in [0.717, 1.165) is 24.8 Å². The third kappa shape index (κ3) is 6.96. The van der Waals surface area contributed by atoms with Crippen LogP contribution < -0.4 is 21.7 Å². The van der Waals surface area contributed by atoms with Crippen molar-refractivity contribution in [2.75, 3.05) is 6.54 Å². The van der Waals surface area contributed by atoms with Gasteiger partial charge in [-0.15, -0.1) is 0 Å². The summed E-state index contributed by atoms with van der Waals surface area (Å²) in [6, 6.07) is 7.37. The molecule has 0 bridgehead atoms. The maximum atomic E-state index is 13.0. The lowest BCUT2D eigenvalue weighted by Gasteiger charge is -2.27. The number of hydrogen-bond donors (Lipinski definition) is 4. The topological polar surface area (TPSA) is 140 Å². The first-order valence-corrected chi connectivity index (χ1v) is 11.1. The van der Waals surface area contributed by atoms with Crippen LogP contribution in [0.2, 0.25) is 0 Å². The van der Waals surface area contributed by atoms with Crippen molar-refractivity contribution in [1.29, 1.82) is 0 Å². The zero-order chi connectivity index (χ0) is 23.1. The molecule has 1 aliphatic heterocycles. The second-order valence-electron chi connectivity index (χ2n) is 9.10. The van der Waals surface area contributed by atoms with Gasteiger partial charge in [-0.2, -0.15) is 0 Å². The molecule has 1 aliphatic carbocycles. The molecule has 0 spiro atoms. The predicted molar refractivity (Wildman–Crippen MR) is 117 cm³/mol. The van der Waals surface area contributed by atoms with Gasteiger partial charge in [-0.25, -0.2) is 4.79 Å². The van der Waals surface area contributed by atoms with Crippen LogP contribution in [0.1, 0.15) is 51.0 Å². The molecule has 2 aliphatic rings. The van der Waals surface area contributed by atoms with Crippen molar-refractivity contribution in [2.24, 2.45) is 17.1 Å². The summed E-state index contributed by atoms with van der Waals surface area (Å²) in [5, 5.41) is 8.05. The number of amides is 4. The zero-order valence-electron chi connectivity index (χ0n) is 18.4. The number of carbonyl (C=O) groups is 4. The molecule has 1 saturated carbocycles. The summed E-state index contributed by atoms with van der Waals surface area (Å²) in [7, 11) is 0. The van der Waals surface area contributed by atoms with Gasteiger partial charge in [0.05, 0.1) is 0 Å². The highest BCUT2D eigenvalue weighted by Crippen LogP contribution is 2.48. The third-order valence-corrected chi connectivity index (χ3v) is 6.20. The number of primary amides is 1. The molecule has 174 valence electrons. The van der Waals surface area contributed by atoms with Gasteiger partial charge in [-0.1, -0.05) is 37.3 Å². The number of nitrogens with two attached hydrogens (primary N) is 1. The Labute approximate surface area is 187 Å². The quantitative estimate of drug-likeness (QED) is 0.431. The van der Waals surface area contributed by atoms with Crippen LogP contribution >= 0.6 is 0 Å². The number of carbonyl (C=O) groups excluding carboxylic acids is 4. The van der Waals surface area contributed by atoms with Crippen molar-refractivity contribution in [1.82, 2.24) is 16.0 Å². The van der Waals surface area contributed by atoms with Crippen LogP contribution in [0.5, 0.6) is 0 Å². The SMILES string of the molecule is CC1(CC(NC(=O)OCc2ccccc2)C(=O)NC(C[C@@H]2CCCNC2=O)C(N)=O)CC1. The lowest BCUT2D eigenvalue weighted by molar-refractivity contribution is -0.131. The molecule has 2 fully saturated rings. The number of piperidine rings is 1. The van der Waals surface area contributed by atoms with Crippen LogP contribution in [0.25, 0.3) is 0 Å². The normalized spacial score (nSPS) is 20.9. The smallest absolute Gasteiger partial charge is 0.408 e. The average Bonchev–Trinajstić information content (AvgIpc) is 3.50. The van der Waals surface area contributed by atoms with Crippen LogP contribution in [0.3, 0.4) is 0 Å². The molecule has 1 aromatic rings. The van der Waals surface area contributed by atoms with E-state index in [0.29, 0.717) is 19.4 Å². The number of benzene rings is 1. The first kappa shape index (κ1) is 23.6. The number of rotatable bonds is 10. The standard InChI is InChI=1S/C23H32N4O5/c1-23(9-10-23)13-18(27-22(31)32-14-15-6-3-2-4-7-15)21(30)26-17(19(24)28)12-16-8-5-11-25-20(16)29/h2-4,6-7,16-18H,5,8-14H2,1H3,(H2,24,28)(H,25,29)(H,26,30)(H,27,31)/t16-,17?,18?/m0/s1. The summed E-state index contributed by atoms with van der Waals surface area (Å²) in [5.74, 6) is -1.74. The van der Waals surface area contributed by atoms with Crippen molar-refractivity contribution in [3.63, 3.8) is 0 Å². The molecule has 3 rings (SSSR count). The van der Waals surface area contributed by atoms with E-state index in [1.807, 2.05) is 37.3 Å². The van der Waals surface area contributed by atoms with E-state index in [1.165, 1.54) is 0 Å². The number of nitrogens with one attached hydrogen (secondary N) is 3. The van der Waals surface area contributed by atoms with Crippen LogP contribution in [0, 0.1) is 11.3 Å². The maximum Gasteiger partial charge on any atom is 0.408 e. The van der Waals surface area contributed by atoms with Crippen molar-refractivity contribution < 1.29 is 23.9 Å². The van der Waals surface area contributed by atoms with Gasteiger partial charge in [0.1, 0.15) is 18.7 Å². The summed E-state index contributed by atoms with van der Waals surface area (Å²) in [6.45, 7) is 2.74. The molecule has 1 saturated heterocycles. The molecule has 0 aromatic heterocycles. The molecule has 1 aromatic carbocycles. The van der Waals surface area contributed by atoms with E-state index < -0.39 is 30.0 Å². The summed E-state index contributed by atoms with van der Waals surface area (Å²) in [5.41, 5.74) is 6.29. The molecule has 3 atom stereocenters. The fourth-order valence-electron chi connectivity index (χ4n) is 3.89. The van der Waals surface area contributed by atoms with E-state index in [4.69, 9.17) is 10.5 Å². The van der Waals surface area contributed by atoms with Crippen LogP contribution in [-0.4, -0.2) is 42.4 Å². The fourth-order valence-corrected chi connectivity index (χ4v) is 3.89. The fraction of sp³-hybridized carbons (Fsp3) is 0.565. The highest BCUT2D eigenvalue weighted by molar-refractivity contribution is 5.91. The van der Waals surface area contributed by atoms with Gasteiger partial charge in [0, 0.05) is 12.5 Å². The van der Waals surface area contributed by atoms with Gasteiger partial charge in [0.15, 0.2) is 0 Å². The summed E-state index contributed by atoms with van der Waals surface area (Å²) < 4.78 is 5.26. The van der Waals surface area contributed by atoms with E-state index >= 15 is 0 Å². The first-order chi connectivity index (χ1) is 15.3. The Hall–Kier alpha value is -3.10. The molecule has 9 heteroatoms. The highest BCUT2D eigenvalue weighted by Gasteiger charge is 2.42. The minimum absolute atomic E-state index is 0.0415. The summed E-state index contributed by atoms with van der Waals surface area (Å²) in [4.78, 5) is 49.4.